The molecule has 2 aromatic rings. The molecular formula is C18H18O4. The lowest BCUT2D eigenvalue weighted by molar-refractivity contribution is -0.134. The summed E-state index contributed by atoms with van der Waals surface area (Å²) >= 11 is 0. The molecule has 0 saturated carbocycles. The minimum Gasteiger partial charge on any atom is -0.489 e. The van der Waals surface area contributed by atoms with E-state index in [-0.39, 0.29) is 11.6 Å². The first-order chi connectivity index (χ1) is 10.6. The van der Waals surface area contributed by atoms with Gasteiger partial charge in [0.05, 0.1) is 0 Å². The van der Waals surface area contributed by atoms with Crippen LogP contribution in [0.1, 0.15) is 19.4 Å². The third-order valence-corrected chi connectivity index (χ3v) is 3.06. The van der Waals surface area contributed by atoms with Gasteiger partial charge in [-0.25, -0.2) is 0 Å². The van der Waals surface area contributed by atoms with Crippen LogP contribution in [-0.2, 0) is 16.2 Å². The van der Waals surface area contributed by atoms with Crippen molar-refractivity contribution in [1.82, 2.24) is 0 Å². The first-order valence-electron chi connectivity index (χ1n) is 7.00. The lowest BCUT2D eigenvalue weighted by atomic mass is 10.2. The average Bonchev–Trinajstić information content (AvgIpc) is 2.52. The molecule has 0 aliphatic heterocycles. The number of carbonyl (C=O) groups is 2. The second kappa shape index (κ2) is 7.41. The molecule has 0 aliphatic rings. The fourth-order valence-electron chi connectivity index (χ4n) is 1.94. The van der Waals surface area contributed by atoms with Crippen LogP contribution in [0.2, 0.25) is 0 Å². The summed E-state index contributed by atoms with van der Waals surface area (Å²) in [6.45, 7) is 3.15. The van der Waals surface area contributed by atoms with Crippen LogP contribution < -0.4 is 9.47 Å². The van der Waals surface area contributed by atoms with Crippen molar-refractivity contribution in [2.24, 2.45) is 0 Å². The predicted octanol–water partition coefficient (Wildman–Crippen LogP) is 3.19. The van der Waals surface area contributed by atoms with Crippen molar-refractivity contribution in [3.63, 3.8) is 0 Å². The van der Waals surface area contributed by atoms with Crippen LogP contribution in [0.25, 0.3) is 0 Å². The van der Waals surface area contributed by atoms with E-state index in [1.165, 1.54) is 13.8 Å². The van der Waals surface area contributed by atoms with Crippen LogP contribution in [0, 0.1) is 0 Å². The summed E-state index contributed by atoms with van der Waals surface area (Å²) in [5.74, 6) is 0.537. The summed E-state index contributed by atoms with van der Waals surface area (Å²) in [6, 6.07) is 16.7. The minimum absolute atomic E-state index is 0.308. The molecule has 22 heavy (non-hydrogen) atoms. The highest BCUT2D eigenvalue weighted by Gasteiger charge is 2.21. The topological polar surface area (TPSA) is 52.6 Å². The van der Waals surface area contributed by atoms with Gasteiger partial charge < -0.3 is 9.47 Å². The molecule has 2 rings (SSSR count). The van der Waals surface area contributed by atoms with Crippen molar-refractivity contribution in [2.45, 2.75) is 26.6 Å². The largest absolute Gasteiger partial charge is 0.489 e. The lowest BCUT2D eigenvalue weighted by Gasteiger charge is -2.14. The van der Waals surface area contributed by atoms with Gasteiger partial charge in [-0.3, -0.25) is 9.59 Å². The van der Waals surface area contributed by atoms with Gasteiger partial charge in [-0.2, -0.15) is 0 Å². The number of Topliss-reactive ketones (excluding diaryl/α,β-unsaturated/α-hetero) is 2. The van der Waals surface area contributed by atoms with Crippen LogP contribution in [0.15, 0.2) is 54.6 Å². The van der Waals surface area contributed by atoms with Crippen molar-refractivity contribution < 1.29 is 19.1 Å². The van der Waals surface area contributed by atoms with Crippen molar-refractivity contribution in [3.05, 3.63) is 60.2 Å². The molecule has 0 aliphatic carbocycles. The molecule has 0 spiro atoms. The molecule has 0 heterocycles. The van der Waals surface area contributed by atoms with Crippen LogP contribution in [0.5, 0.6) is 11.5 Å². The van der Waals surface area contributed by atoms with Crippen LogP contribution in [0.3, 0.4) is 0 Å². The van der Waals surface area contributed by atoms with Crippen LogP contribution in [0.4, 0.5) is 0 Å². The van der Waals surface area contributed by atoms with Crippen LogP contribution >= 0.6 is 0 Å². The van der Waals surface area contributed by atoms with Gasteiger partial charge in [0.15, 0.2) is 11.6 Å². The van der Waals surface area contributed by atoms with Gasteiger partial charge in [0.25, 0.3) is 0 Å². The number of hydrogen-bond acceptors (Lipinski definition) is 4. The Bertz CT molecular complexity index is 618. The molecule has 0 N–H and O–H groups in total. The Morgan fingerprint density at radius 3 is 1.95 bits per heavy atom. The first kappa shape index (κ1) is 15.8. The predicted molar refractivity (Wildman–Crippen MR) is 83.0 cm³/mol. The first-order valence-corrected chi connectivity index (χ1v) is 7.00. The highest BCUT2D eigenvalue weighted by atomic mass is 16.5. The van der Waals surface area contributed by atoms with Gasteiger partial charge >= 0.3 is 0 Å². The monoisotopic (exact) mass is 298 g/mol. The number of hydrogen-bond donors (Lipinski definition) is 0. The average molecular weight is 298 g/mol. The summed E-state index contributed by atoms with van der Waals surface area (Å²) in [6.07, 6.45) is -1.05. The highest BCUT2D eigenvalue weighted by molar-refractivity contribution is 6.03. The van der Waals surface area contributed by atoms with Gasteiger partial charge in [0.1, 0.15) is 18.1 Å². The Morgan fingerprint density at radius 1 is 0.864 bits per heavy atom. The summed E-state index contributed by atoms with van der Waals surface area (Å²) in [5, 5.41) is 0. The minimum atomic E-state index is -1.05. The highest BCUT2D eigenvalue weighted by Crippen LogP contribution is 2.20. The number of ketones is 2. The maximum Gasteiger partial charge on any atom is 0.214 e. The van der Waals surface area contributed by atoms with Gasteiger partial charge in [-0.15, -0.1) is 0 Å². The van der Waals surface area contributed by atoms with Gasteiger partial charge in [0, 0.05) is 0 Å². The summed E-state index contributed by atoms with van der Waals surface area (Å²) in [5.41, 5.74) is 1.08. The number of rotatable bonds is 7. The standard InChI is InChI=1S/C18H18O4/c1-13(19)18(14(2)20)22-17-10-8-16(9-11-17)21-12-15-6-4-3-5-7-15/h3-11,18H,12H2,1-2H3. The molecule has 0 radical (unpaired) electrons. The normalized spacial score (nSPS) is 10.3. The molecule has 4 nitrogen and oxygen atoms in total. The summed E-state index contributed by atoms with van der Waals surface area (Å²) in [7, 11) is 0. The van der Waals surface area contributed by atoms with Crippen molar-refractivity contribution in [1.29, 1.82) is 0 Å². The summed E-state index contributed by atoms with van der Waals surface area (Å²) in [4.78, 5) is 22.7. The second-order valence-corrected chi connectivity index (χ2v) is 4.96. The maximum atomic E-state index is 11.3. The van der Waals surface area contributed by atoms with Crippen LogP contribution in [-0.4, -0.2) is 17.7 Å². The third kappa shape index (κ3) is 4.45. The maximum absolute atomic E-state index is 11.3. The quantitative estimate of drug-likeness (QED) is 0.737. The van der Waals surface area contributed by atoms with E-state index in [4.69, 9.17) is 9.47 Å². The molecule has 2 aromatic carbocycles. The molecule has 0 fully saturated rings. The third-order valence-electron chi connectivity index (χ3n) is 3.06. The Hall–Kier alpha value is -2.62. The second-order valence-electron chi connectivity index (χ2n) is 4.96. The molecule has 0 saturated heterocycles. The fourth-order valence-corrected chi connectivity index (χ4v) is 1.94. The number of ether oxygens (including phenoxy) is 2. The van der Waals surface area contributed by atoms with E-state index in [1.807, 2.05) is 30.3 Å². The van der Waals surface area contributed by atoms with Crippen molar-refractivity contribution in [2.75, 3.05) is 0 Å². The Balaban J connectivity index is 1.95. The zero-order valence-electron chi connectivity index (χ0n) is 12.6. The molecule has 114 valence electrons. The van der Waals surface area contributed by atoms with Crippen molar-refractivity contribution >= 4 is 11.6 Å². The van der Waals surface area contributed by atoms with Gasteiger partial charge in [-0.1, -0.05) is 30.3 Å². The SMILES string of the molecule is CC(=O)C(Oc1ccc(OCc2ccccc2)cc1)C(C)=O. The Kier molecular flexibility index (Phi) is 5.31. The Labute approximate surface area is 129 Å². The Morgan fingerprint density at radius 2 is 1.41 bits per heavy atom. The lowest BCUT2D eigenvalue weighted by Crippen LogP contribution is -2.32. The van der Waals surface area contributed by atoms with E-state index in [0.29, 0.717) is 18.1 Å². The molecular weight excluding hydrogens is 280 g/mol. The molecule has 0 bridgehead atoms. The number of benzene rings is 2. The smallest absolute Gasteiger partial charge is 0.214 e. The van der Waals surface area contributed by atoms with Crippen molar-refractivity contribution in [3.8, 4) is 11.5 Å². The van der Waals surface area contributed by atoms with E-state index in [2.05, 4.69) is 0 Å². The summed E-state index contributed by atoms with van der Waals surface area (Å²) < 4.78 is 11.1. The van der Waals surface area contributed by atoms with Gasteiger partial charge in [-0.05, 0) is 43.7 Å². The zero-order valence-corrected chi connectivity index (χ0v) is 12.6. The van der Waals surface area contributed by atoms with E-state index in [0.717, 1.165) is 5.56 Å². The molecule has 0 unspecified atom stereocenters. The van der Waals surface area contributed by atoms with E-state index in [1.54, 1.807) is 24.3 Å². The van der Waals surface area contributed by atoms with Gasteiger partial charge in [0.2, 0.25) is 6.10 Å². The number of carbonyl (C=O) groups excluding carboxylic acids is 2. The molecule has 4 heteroatoms. The van der Waals surface area contributed by atoms with E-state index >= 15 is 0 Å². The molecule has 0 aromatic heterocycles. The fraction of sp³-hybridized carbons (Fsp3) is 0.222. The molecule has 0 atom stereocenters. The zero-order chi connectivity index (χ0) is 15.9. The van der Waals surface area contributed by atoms with E-state index < -0.39 is 6.10 Å². The van der Waals surface area contributed by atoms with E-state index in [9.17, 15) is 9.59 Å². The molecule has 0 amide bonds.